The third kappa shape index (κ3) is 4.11. The van der Waals surface area contributed by atoms with E-state index in [0.717, 1.165) is 29.9 Å². The Labute approximate surface area is 117 Å². The van der Waals surface area contributed by atoms with Crippen LogP contribution in [0.5, 0.6) is 0 Å². The molecular formula is C13H19BrN4. The molecule has 0 spiro atoms. The molecule has 1 aliphatic rings. The summed E-state index contributed by atoms with van der Waals surface area (Å²) in [6.07, 6.45) is 8.05. The molecule has 1 saturated heterocycles. The number of rotatable bonds is 5. The van der Waals surface area contributed by atoms with Gasteiger partial charge in [-0.05, 0) is 60.7 Å². The Morgan fingerprint density at radius 1 is 1.44 bits per heavy atom. The fraction of sp³-hybridized carbons (Fsp3) is 0.692. The normalized spacial score (nSPS) is 17.8. The summed E-state index contributed by atoms with van der Waals surface area (Å²) in [5, 5.41) is 12.8. The SMILES string of the molecule is N#CCCCN1CCC(Cn2cc(Br)cn2)CC1. The Morgan fingerprint density at radius 3 is 2.83 bits per heavy atom. The van der Waals surface area contributed by atoms with E-state index in [4.69, 9.17) is 5.26 Å². The summed E-state index contributed by atoms with van der Waals surface area (Å²) in [6, 6.07) is 2.21. The van der Waals surface area contributed by atoms with E-state index >= 15 is 0 Å². The minimum Gasteiger partial charge on any atom is -0.303 e. The fourth-order valence-corrected chi connectivity index (χ4v) is 2.80. The Balaban J connectivity index is 1.69. The second kappa shape index (κ2) is 6.91. The standard InChI is InChI=1S/C13H19BrN4/c14-13-9-16-18(11-13)10-12-3-7-17(8-4-12)6-2-1-5-15/h9,11-12H,1-4,6-8,10H2. The first-order chi connectivity index (χ1) is 8.78. The molecule has 0 aromatic carbocycles. The predicted octanol–water partition coefficient (Wildman–Crippen LogP) is 2.66. The van der Waals surface area contributed by atoms with Crippen LogP contribution in [0.15, 0.2) is 16.9 Å². The van der Waals surface area contributed by atoms with Crippen LogP contribution in [0, 0.1) is 17.2 Å². The van der Waals surface area contributed by atoms with Crippen molar-refractivity contribution in [1.82, 2.24) is 14.7 Å². The molecule has 0 radical (unpaired) electrons. The fourth-order valence-electron chi connectivity index (χ4n) is 2.48. The number of nitriles is 1. The highest BCUT2D eigenvalue weighted by Crippen LogP contribution is 2.19. The summed E-state index contributed by atoms with van der Waals surface area (Å²) >= 11 is 3.42. The van der Waals surface area contributed by atoms with Crippen LogP contribution in [0.2, 0.25) is 0 Å². The smallest absolute Gasteiger partial charge is 0.0632 e. The zero-order valence-electron chi connectivity index (χ0n) is 10.6. The van der Waals surface area contributed by atoms with Crippen LogP contribution < -0.4 is 0 Å². The highest BCUT2D eigenvalue weighted by atomic mass is 79.9. The van der Waals surface area contributed by atoms with E-state index < -0.39 is 0 Å². The Kier molecular flexibility index (Phi) is 5.21. The van der Waals surface area contributed by atoms with Gasteiger partial charge in [-0.15, -0.1) is 0 Å². The maximum absolute atomic E-state index is 8.52. The van der Waals surface area contributed by atoms with Crippen molar-refractivity contribution in [3.05, 3.63) is 16.9 Å². The Morgan fingerprint density at radius 2 is 2.22 bits per heavy atom. The first-order valence-corrected chi connectivity index (χ1v) is 7.34. The van der Waals surface area contributed by atoms with Gasteiger partial charge in [0.2, 0.25) is 0 Å². The summed E-state index contributed by atoms with van der Waals surface area (Å²) in [6.45, 7) is 4.43. The van der Waals surface area contributed by atoms with Gasteiger partial charge in [0.15, 0.2) is 0 Å². The third-order valence-corrected chi connectivity index (χ3v) is 3.93. The molecular weight excluding hydrogens is 292 g/mol. The van der Waals surface area contributed by atoms with Gasteiger partial charge in [0, 0.05) is 19.2 Å². The summed E-state index contributed by atoms with van der Waals surface area (Å²) < 4.78 is 3.08. The van der Waals surface area contributed by atoms with E-state index in [0.29, 0.717) is 6.42 Å². The number of piperidine rings is 1. The van der Waals surface area contributed by atoms with Crippen molar-refractivity contribution in [2.45, 2.75) is 32.2 Å². The van der Waals surface area contributed by atoms with Crippen molar-refractivity contribution < 1.29 is 0 Å². The molecule has 1 aromatic heterocycles. The van der Waals surface area contributed by atoms with E-state index in [2.05, 4.69) is 32.0 Å². The molecule has 0 bridgehead atoms. The molecule has 1 aliphatic heterocycles. The largest absolute Gasteiger partial charge is 0.303 e. The van der Waals surface area contributed by atoms with Gasteiger partial charge < -0.3 is 4.90 Å². The maximum atomic E-state index is 8.52. The second-order valence-corrected chi connectivity index (χ2v) is 5.84. The molecule has 18 heavy (non-hydrogen) atoms. The molecule has 1 aromatic rings. The lowest BCUT2D eigenvalue weighted by molar-refractivity contribution is 0.170. The molecule has 0 atom stereocenters. The van der Waals surface area contributed by atoms with Crippen LogP contribution in [-0.4, -0.2) is 34.3 Å². The monoisotopic (exact) mass is 310 g/mol. The van der Waals surface area contributed by atoms with Gasteiger partial charge in [0.25, 0.3) is 0 Å². The topological polar surface area (TPSA) is 44.9 Å². The average molecular weight is 311 g/mol. The molecule has 5 heteroatoms. The van der Waals surface area contributed by atoms with E-state index in [1.54, 1.807) is 0 Å². The Hall–Kier alpha value is -0.860. The van der Waals surface area contributed by atoms with Gasteiger partial charge in [0.05, 0.1) is 16.7 Å². The van der Waals surface area contributed by atoms with Crippen LogP contribution >= 0.6 is 15.9 Å². The summed E-state index contributed by atoms with van der Waals surface area (Å²) in [7, 11) is 0. The Bertz CT molecular complexity index is 401. The van der Waals surface area contributed by atoms with Crippen LogP contribution in [-0.2, 0) is 6.54 Å². The lowest BCUT2D eigenvalue weighted by Gasteiger charge is -2.31. The van der Waals surface area contributed by atoms with E-state index in [1.165, 1.54) is 25.9 Å². The van der Waals surface area contributed by atoms with Crippen LogP contribution in [0.3, 0.4) is 0 Å². The molecule has 0 amide bonds. The van der Waals surface area contributed by atoms with E-state index in [-0.39, 0.29) is 0 Å². The first-order valence-electron chi connectivity index (χ1n) is 6.55. The summed E-state index contributed by atoms with van der Waals surface area (Å²) in [4.78, 5) is 2.48. The van der Waals surface area contributed by atoms with E-state index in [9.17, 15) is 0 Å². The van der Waals surface area contributed by atoms with Gasteiger partial charge >= 0.3 is 0 Å². The number of halogens is 1. The van der Waals surface area contributed by atoms with Crippen molar-refractivity contribution in [2.75, 3.05) is 19.6 Å². The molecule has 1 fully saturated rings. The quantitative estimate of drug-likeness (QED) is 0.785. The highest BCUT2D eigenvalue weighted by molar-refractivity contribution is 9.10. The van der Waals surface area contributed by atoms with Gasteiger partial charge in [-0.1, -0.05) is 0 Å². The summed E-state index contributed by atoms with van der Waals surface area (Å²) in [5.74, 6) is 0.740. The molecule has 0 aliphatic carbocycles. The summed E-state index contributed by atoms with van der Waals surface area (Å²) in [5.41, 5.74) is 0. The minimum absolute atomic E-state index is 0.682. The number of aromatic nitrogens is 2. The average Bonchev–Trinajstić information content (AvgIpc) is 2.77. The molecule has 0 N–H and O–H groups in total. The van der Waals surface area contributed by atoms with Crippen LogP contribution in [0.4, 0.5) is 0 Å². The molecule has 2 heterocycles. The highest BCUT2D eigenvalue weighted by Gasteiger charge is 2.19. The molecule has 0 saturated carbocycles. The lowest BCUT2D eigenvalue weighted by Crippen LogP contribution is -2.35. The van der Waals surface area contributed by atoms with Gasteiger partial charge in [-0.3, -0.25) is 4.68 Å². The molecule has 4 nitrogen and oxygen atoms in total. The first kappa shape index (κ1) is 13.6. The van der Waals surface area contributed by atoms with Crippen molar-refractivity contribution >= 4 is 15.9 Å². The lowest BCUT2D eigenvalue weighted by atomic mass is 9.97. The minimum atomic E-state index is 0.682. The second-order valence-electron chi connectivity index (χ2n) is 4.93. The van der Waals surface area contributed by atoms with Crippen molar-refractivity contribution in [3.63, 3.8) is 0 Å². The van der Waals surface area contributed by atoms with Crippen molar-refractivity contribution in [3.8, 4) is 6.07 Å². The zero-order chi connectivity index (χ0) is 12.8. The van der Waals surface area contributed by atoms with Crippen molar-refractivity contribution in [2.24, 2.45) is 5.92 Å². The van der Waals surface area contributed by atoms with Gasteiger partial charge in [0.1, 0.15) is 0 Å². The van der Waals surface area contributed by atoms with Gasteiger partial charge in [-0.2, -0.15) is 10.4 Å². The predicted molar refractivity (Wildman–Crippen MR) is 73.9 cm³/mol. The van der Waals surface area contributed by atoms with E-state index in [1.807, 2.05) is 17.1 Å². The van der Waals surface area contributed by atoms with Crippen LogP contribution in [0.25, 0.3) is 0 Å². The molecule has 2 rings (SSSR count). The number of hydrogen-bond acceptors (Lipinski definition) is 3. The van der Waals surface area contributed by atoms with Gasteiger partial charge in [-0.25, -0.2) is 0 Å². The number of likely N-dealkylation sites (tertiary alicyclic amines) is 1. The third-order valence-electron chi connectivity index (χ3n) is 3.52. The number of hydrogen-bond donors (Lipinski definition) is 0. The zero-order valence-corrected chi connectivity index (χ0v) is 12.1. The maximum Gasteiger partial charge on any atom is 0.0632 e. The van der Waals surface area contributed by atoms with Crippen molar-refractivity contribution in [1.29, 1.82) is 5.26 Å². The molecule has 98 valence electrons. The number of nitrogens with zero attached hydrogens (tertiary/aromatic N) is 4. The molecule has 0 unspecified atom stereocenters. The number of unbranched alkanes of at least 4 members (excludes halogenated alkanes) is 1. The van der Waals surface area contributed by atoms with Crippen LogP contribution in [0.1, 0.15) is 25.7 Å².